The van der Waals surface area contributed by atoms with Crippen LogP contribution in [-0.4, -0.2) is 45.6 Å². The number of hydrogen-bond acceptors (Lipinski definition) is 9. The second kappa shape index (κ2) is 10.1. The maximum atomic E-state index is 13.1. The van der Waals surface area contributed by atoms with Crippen molar-refractivity contribution in [1.29, 1.82) is 5.26 Å². The number of nitrogens with zero attached hydrogens (tertiary/aromatic N) is 5. The number of thiazole rings is 1. The van der Waals surface area contributed by atoms with Gasteiger partial charge in [-0.05, 0) is 55.8 Å². The molecule has 1 N–H and O–H groups in total. The molecule has 3 aromatic heterocycles. The van der Waals surface area contributed by atoms with Crippen molar-refractivity contribution < 1.29 is 14.0 Å². The number of oxazole rings is 1. The average Bonchev–Trinajstić information content (AvgIpc) is 3.58. The maximum absolute atomic E-state index is 13.1. The minimum absolute atomic E-state index is 0.222. The lowest BCUT2D eigenvalue weighted by Crippen LogP contribution is -2.25. The highest BCUT2D eigenvalue weighted by atomic mass is 32.1. The summed E-state index contributed by atoms with van der Waals surface area (Å²) >= 11 is 1.45. The van der Waals surface area contributed by atoms with E-state index in [-0.39, 0.29) is 11.5 Å². The Labute approximate surface area is 234 Å². The van der Waals surface area contributed by atoms with Gasteiger partial charge in [-0.2, -0.15) is 5.26 Å². The summed E-state index contributed by atoms with van der Waals surface area (Å²) in [6, 6.07) is 10.9. The van der Waals surface area contributed by atoms with Gasteiger partial charge in [0.25, 0.3) is 5.91 Å². The zero-order valence-corrected chi connectivity index (χ0v) is 22.9. The number of benzene rings is 2. The predicted octanol–water partition coefficient (Wildman–Crippen LogP) is 5.55. The molecule has 0 spiro atoms. The Balaban J connectivity index is 1.34. The molecule has 0 radical (unpaired) electrons. The van der Waals surface area contributed by atoms with Crippen LogP contribution < -0.4 is 5.32 Å². The van der Waals surface area contributed by atoms with Gasteiger partial charge >= 0.3 is 0 Å². The Kier molecular flexibility index (Phi) is 6.46. The smallest absolute Gasteiger partial charge is 0.284 e. The fourth-order valence-corrected chi connectivity index (χ4v) is 6.08. The number of hydrogen-bond donors (Lipinski definition) is 1. The second-order valence-corrected chi connectivity index (χ2v) is 10.9. The molecule has 0 atom stereocenters. The lowest BCUT2D eigenvalue weighted by Gasteiger charge is -2.20. The van der Waals surface area contributed by atoms with Crippen molar-refractivity contribution in [3.8, 4) is 28.7 Å². The van der Waals surface area contributed by atoms with Crippen LogP contribution in [0.4, 0.5) is 5.69 Å². The maximum Gasteiger partial charge on any atom is 0.284 e. The number of nitrogens with one attached hydrogen (secondary N) is 1. The Morgan fingerprint density at radius 1 is 1.15 bits per heavy atom. The van der Waals surface area contributed by atoms with E-state index < -0.39 is 0 Å². The fraction of sp³-hybridized carbons (Fsp3) is 0.200. The number of carbonyl (C=O) groups is 2. The van der Waals surface area contributed by atoms with Crippen LogP contribution in [0.15, 0.2) is 47.1 Å². The lowest BCUT2D eigenvalue weighted by molar-refractivity contribution is 0.102. The van der Waals surface area contributed by atoms with Gasteiger partial charge < -0.3 is 14.6 Å². The Morgan fingerprint density at radius 2 is 1.98 bits per heavy atom. The standard InChI is InChI=1S/C30H24N6O3S/c1-16-21(12-32-13-22(16)29-34-25-10-18(15-37)9-19(11-31)27(25)39-29)20-5-4-6-23(17(20)2)33-28(38)30-35-24-7-8-36(3)14-26(24)40-30/h4-6,9-10,12-13,15H,7-8,14H2,1-3H3,(H,33,38). The van der Waals surface area contributed by atoms with Gasteiger partial charge in [0.2, 0.25) is 5.89 Å². The molecule has 9 nitrogen and oxygen atoms in total. The monoisotopic (exact) mass is 548 g/mol. The van der Waals surface area contributed by atoms with Crippen molar-refractivity contribution in [2.24, 2.45) is 0 Å². The molecule has 0 bridgehead atoms. The summed E-state index contributed by atoms with van der Waals surface area (Å²) in [7, 11) is 2.07. The SMILES string of the molecule is Cc1c(NC(=O)c2nc3c(s2)CN(C)CC3)cccc1-c1cncc(-c2nc3cc(C=O)cc(C#N)c3o2)c1C. The van der Waals surface area contributed by atoms with Crippen molar-refractivity contribution in [3.63, 3.8) is 0 Å². The van der Waals surface area contributed by atoms with E-state index in [1.165, 1.54) is 17.4 Å². The van der Waals surface area contributed by atoms with Gasteiger partial charge in [0, 0.05) is 53.6 Å². The summed E-state index contributed by atoms with van der Waals surface area (Å²) in [5.74, 6) is 0.0854. The van der Waals surface area contributed by atoms with Crippen LogP contribution in [0.2, 0.25) is 0 Å². The van der Waals surface area contributed by atoms with Crippen molar-refractivity contribution in [2.45, 2.75) is 26.8 Å². The van der Waals surface area contributed by atoms with E-state index in [9.17, 15) is 14.9 Å². The third kappa shape index (κ3) is 4.45. The molecular formula is C30H24N6O3S. The highest BCUT2D eigenvalue weighted by molar-refractivity contribution is 7.13. The topological polar surface area (TPSA) is 125 Å². The molecule has 4 heterocycles. The highest BCUT2D eigenvalue weighted by Crippen LogP contribution is 2.36. The quantitative estimate of drug-likeness (QED) is 0.283. The predicted molar refractivity (Wildman–Crippen MR) is 152 cm³/mol. The third-order valence-corrected chi connectivity index (χ3v) is 8.28. The molecule has 0 saturated heterocycles. The molecule has 1 aliphatic rings. The second-order valence-electron chi connectivity index (χ2n) is 9.83. The van der Waals surface area contributed by atoms with Crippen LogP contribution in [0.3, 0.4) is 0 Å². The number of carbonyl (C=O) groups excluding carboxylic acids is 2. The minimum atomic E-state index is -0.222. The molecule has 1 aliphatic heterocycles. The van der Waals surface area contributed by atoms with Crippen molar-refractivity contribution >= 4 is 40.3 Å². The number of pyridine rings is 1. The normalized spacial score (nSPS) is 13.2. The van der Waals surface area contributed by atoms with Crippen LogP contribution in [0.1, 0.15) is 47.4 Å². The van der Waals surface area contributed by atoms with Gasteiger partial charge in [-0.3, -0.25) is 14.6 Å². The van der Waals surface area contributed by atoms with Crippen LogP contribution in [0, 0.1) is 25.2 Å². The number of anilines is 1. The number of likely N-dealkylation sites (N-methyl/N-ethyl adjacent to an activating group) is 1. The molecule has 0 saturated carbocycles. The van der Waals surface area contributed by atoms with Crippen molar-refractivity contribution in [3.05, 3.63) is 80.6 Å². The zero-order valence-electron chi connectivity index (χ0n) is 22.1. The van der Waals surface area contributed by atoms with Crippen LogP contribution in [-0.2, 0) is 13.0 Å². The summed E-state index contributed by atoms with van der Waals surface area (Å²) in [5, 5.41) is 13.0. The van der Waals surface area contributed by atoms with E-state index in [1.54, 1.807) is 18.5 Å². The fourth-order valence-electron chi connectivity index (χ4n) is 4.99. The van der Waals surface area contributed by atoms with Gasteiger partial charge in [-0.15, -0.1) is 11.3 Å². The third-order valence-electron chi connectivity index (χ3n) is 7.20. The largest absolute Gasteiger partial charge is 0.435 e. The zero-order chi connectivity index (χ0) is 28.0. The molecule has 0 fully saturated rings. The molecule has 6 rings (SSSR count). The molecule has 2 aromatic carbocycles. The summed E-state index contributed by atoms with van der Waals surface area (Å²) in [6.45, 7) is 5.66. The minimum Gasteiger partial charge on any atom is -0.435 e. The summed E-state index contributed by atoms with van der Waals surface area (Å²) in [5.41, 5.74) is 7.24. The first kappa shape index (κ1) is 25.6. The first-order valence-electron chi connectivity index (χ1n) is 12.7. The molecule has 198 valence electrons. The van der Waals surface area contributed by atoms with E-state index >= 15 is 0 Å². The molecule has 10 heteroatoms. The van der Waals surface area contributed by atoms with Crippen molar-refractivity contribution in [1.82, 2.24) is 19.9 Å². The number of nitriles is 1. The molecule has 40 heavy (non-hydrogen) atoms. The van der Waals surface area contributed by atoms with Crippen LogP contribution >= 0.6 is 11.3 Å². The summed E-state index contributed by atoms with van der Waals surface area (Å²) in [4.78, 5) is 41.4. The van der Waals surface area contributed by atoms with Gasteiger partial charge in [-0.25, -0.2) is 9.97 Å². The lowest BCUT2D eigenvalue weighted by atomic mass is 9.95. The Morgan fingerprint density at radius 3 is 2.77 bits per heavy atom. The molecule has 1 amide bonds. The number of aldehydes is 1. The molecule has 0 unspecified atom stereocenters. The first-order valence-corrected chi connectivity index (χ1v) is 13.5. The Hall–Kier alpha value is -4.72. The van der Waals surface area contributed by atoms with E-state index in [0.717, 1.165) is 52.3 Å². The van der Waals surface area contributed by atoms with E-state index in [2.05, 4.69) is 38.3 Å². The molecule has 5 aromatic rings. The van der Waals surface area contributed by atoms with Gasteiger partial charge in [-0.1, -0.05) is 12.1 Å². The number of amides is 1. The number of aromatic nitrogens is 3. The molecular weight excluding hydrogens is 524 g/mol. The van der Waals surface area contributed by atoms with Gasteiger partial charge in [0.1, 0.15) is 17.9 Å². The van der Waals surface area contributed by atoms with Crippen molar-refractivity contribution in [2.75, 3.05) is 18.9 Å². The average molecular weight is 549 g/mol. The number of rotatable bonds is 5. The highest BCUT2D eigenvalue weighted by Gasteiger charge is 2.23. The first-order chi connectivity index (χ1) is 19.4. The number of fused-ring (bicyclic) bond motifs is 2. The van der Waals surface area contributed by atoms with E-state index in [0.29, 0.717) is 45.1 Å². The van der Waals surface area contributed by atoms with E-state index in [4.69, 9.17) is 4.42 Å². The van der Waals surface area contributed by atoms with Gasteiger partial charge in [0.05, 0.1) is 16.8 Å². The van der Waals surface area contributed by atoms with Gasteiger partial charge in [0.15, 0.2) is 10.6 Å². The summed E-state index contributed by atoms with van der Waals surface area (Å²) in [6.07, 6.45) is 4.96. The Bertz CT molecular complexity index is 1870. The van der Waals surface area contributed by atoms with Crippen LogP contribution in [0.5, 0.6) is 0 Å². The summed E-state index contributed by atoms with van der Waals surface area (Å²) < 4.78 is 5.99. The van der Waals surface area contributed by atoms with E-state index in [1.807, 2.05) is 32.0 Å². The molecule has 0 aliphatic carbocycles. The van der Waals surface area contributed by atoms with Crippen LogP contribution in [0.25, 0.3) is 33.7 Å².